The number of rotatable bonds is 6. The van der Waals surface area contributed by atoms with Crippen molar-refractivity contribution in [1.82, 2.24) is 19.8 Å². The third-order valence-electron chi connectivity index (χ3n) is 6.82. The van der Waals surface area contributed by atoms with E-state index in [9.17, 15) is 4.79 Å². The van der Waals surface area contributed by atoms with E-state index < -0.39 is 5.91 Å². The summed E-state index contributed by atoms with van der Waals surface area (Å²) in [7, 11) is 0. The number of nitrogens with two attached hydrogens (primary N) is 1. The summed E-state index contributed by atoms with van der Waals surface area (Å²) in [6.45, 7) is 10.3. The van der Waals surface area contributed by atoms with Gasteiger partial charge in [-0.25, -0.2) is 9.97 Å². The molecule has 1 aromatic carbocycles. The van der Waals surface area contributed by atoms with Crippen LogP contribution in [0.25, 0.3) is 0 Å². The zero-order chi connectivity index (χ0) is 22.7. The fourth-order valence-corrected chi connectivity index (χ4v) is 5.19. The van der Waals surface area contributed by atoms with Crippen molar-refractivity contribution in [1.29, 1.82) is 0 Å². The number of benzene rings is 1. The van der Waals surface area contributed by atoms with Crippen LogP contribution in [0.5, 0.6) is 0 Å². The fraction of sp³-hybridized carbons (Fsp3) is 0.542. The maximum Gasteiger partial charge on any atom is 0.268 e. The average Bonchev–Trinajstić information content (AvgIpc) is 2.80. The summed E-state index contributed by atoms with van der Waals surface area (Å²) in [6, 6.07) is 9.33. The van der Waals surface area contributed by atoms with Crippen molar-refractivity contribution in [2.24, 2.45) is 5.73 Å². The number of anilines is 1. The SMILES string of the molecule is CC[C@H]1CN(c2ncc(C(N)=O)nc2C)CCN1C1CCN(Cc2ccc(Cl)cc2)CC1. The number of likely N-dealkylation sites (tertiary alicyclic amines) is 1. The first-order valence-electron chi connectivity index (χ1n) is 11.6. The molecule has 8 heteroatoms. The van der Waals surface area contributed by atoms with Gasteiger partial charge in [0.25, 0.3) is 5.91 Å². The minimum absolute atomic E-state index is 0.224. The number of piperazine rings is 1. The topological polar surface area (TPSA) is 78.6 Å². The maximum absolute atomic E-state index is 11.4. The Labute approximate surface area is 195 Å². The number of nitrogens with zero attached hydrogens (tertiary/aromatic N) is 5. The van der Waals surface area contributed by atoms with Gasteiger partial charge in [-0.2, -0.15) is 0 Å². The Morgan fingerprint density at radius 3 is 2.50 bits per heavy atom. The Kier molecular flexibility index (Phi) is 7.28. The molecule has 1 amide bonds. The number of primary amides is 1. The minimum Gasteiger partial charge on any atom is -0.364 e. The van der Waals surface area contributed by atoms with E-state index in [1.165, 1.54) is 24.6 Å². The van der Waals surface area contributed by atoms with Gasteiger partial charge in [-0.3, -0.25) is 14.6 Å². The molecule has 2 aromatic rings. The highest BCUT2D eigenvalue weighted by atomic mass is 35.5. The lowest BCUT2D eigenvalue weighted by atomic mass is 9.97. The van der Waals surface area contributed by atoms with Crippen molar-refractivity contribution in [2.45, 2.75) is 51.7 Å². The molecular weight excluding hydrogens is 424 g/mol. The van der Waals surface area contributed by atoms with Crippen molar-refractivity contribution in [3.05, 3.63) is 52.4 Å². The van der Waals surface area contributed by atoms with E-state index in [2.05, 4.69) is 43.7 Å². The predicted octanol–water partition coefficient (Wildman–Crippen LogP) is 3.10. The summed E-state index contributed by atoms with van der Waals surface area (Å²) >= 11 is 6.02. The summed E-state index contributed by atoms with van der Waals surface area (Å²) in [5.74, 6) is 0.330. The Hall–Kier alpha value is -2.22. The minimum atomic E-state index is -0.536. The smallest absolute Gasteiger partial charge is 0.268 e. The average molecular weight is 457 g/mol. The van der Waals surface area contributed by atoms with Gasteiger partial charge in [-0.1, -0.05) is 30.7 Å². The number of piperidine rings is 1. The Bertz CT molecular complexity index is 929. The highest BCUT2D eigenvalue weighted by molar-refractivity contribution is 6.30. The van der Waals surface area contributed by atoms with Crippen LogP contribution in [0.2, 0.25) is 5.02 Å². The zero-order valence-corrected chi connectivity index (χ0v) is 19.8. The van der Waals surface area contributed by atoms with Crippen molar-refractivity contribution >= 4 is 23.3 Å². The van der Waals surface area contributed by atoms with Gasteiger partial charge in [0.05, 0.1) is 11.9 Å². The van der Waals surface area contributed by atoms with Crippen LogP contribution in [-0.4, -0.2) is 70.5 Å². The van der Waals surface area contributed by atoms with Gasteiger partial charge in [0.1, 0.15) is 11.5 Å². The third-order valence-corrected chi connectivity index (χ3v) is 7.07. The molecule has 2 N–H and O–H groups in total. The lowest BCUT2D eigenvalue weighted by Crippen LogP contribution is -2.58. The number of carbonyl (C=O) groups is 1. The molecule has 0 spiro atoms. The van der Waals surface area contributed by atoms with Crippen molar-refractivity contribution in [2.75, 3.05) is 37.6 Å². The van der Waals surface area contributed by atoms with Gasteiger partial charge in [0.2, 0.25) is 0 Å². The molecule has 0 unspecified atom stereocenters. The monoisotopic (exact) mass is 456 g/mol. The first-order valence-corrected chi connectivity index (χ1v) is 11.9. The number of hydrogen-bond donors (Lipinski definition) is 1. The van der Waals surface area contributed by atoms with Gasteiger partial charge < -0.3 is 10.6 Å². The second-order valence-corrected chi connectivity index (χ2v) is 9.34. The summed E-state index contributed by atoms with van der Waals surface area (Å²) in [5.41, 5.74) is 7.66. The standard InChI is InChI=1S/C24H33ClN6O/c1-3-20-16-30(24-17(2)28-22(14-27-24)23(26)32)12-13-31(20)21-8-10-29(11-9-21)15-18-4-6-19(25)7-5-18/h4-7,14,20-21H,3,8-13,15-16H2,1-2H3,(H2,26,32)/t20-/m0/s1. The number of amides is 1. The molecule has 3 heterocycles. The highest BCUT2D eigenvalue weighted by Crippen LogP contribution is 2.27. The lowest BCUT2D eigenvalue weighted by Gasteiger charge is -2.47. The van der Waals surface area contributed by atoms with E-state index in [0.29, 0.717) is 12.1 Å². The number of halogens is 1. The fourth-order valence-electron chi connectivity index (χ4n) is 5.07. The molecule has 7 nitrogen and oxygen atoms in total. The van der Waals surface area contributed by atoms with Gasteiger partial charge >= 0.3 is 0 Å². The molecule has 1 atom stereocenters. The van der Waals surface area contributed by atoms with Gasteiger partial charge in [-0.15, -0.1) is 0 Å². The van der Waals surface area contributed by atoms with Gasteiger partial charge in [0, 0.05) is 43.3 Å². The molecule has 172 valence electrons. The number of aromatic nitrogens is 2. The summed E-state index contributed by atoms with van der Waals surface area (Å²) in [4.78, 5) is 27.8. The highest BCUT2D eigenvalue weighted by Gasteiger charge is 2.34. The van der Waals surface area contributed by atoms with E-state index in [1.807, 2.05) is 19.1 Å². The molecule has 0 bridgehead atoms. The maximum atomic E-state index is 11.4. The Morgan fingerprint density at radius 2 is 1.88 bits per heavy atom. The molecule has 32 heavy (non-hydrogen) atoms. The number of carbonyl (C=O) groups excluding carboxylic acids is 1. The van der Waals surface area contributed by atoms with E-state index in [1.54, 1.807) is 0 Å². The van der Waals surface area contributed by atoms with Crippen LogP contribution in [0.15, 0.2) is 30.5 Å². The van der Waals surface area contributed by atoms with Crippen molar-refractivity contribution < 1.29 is 4.79 Å². The molecule has 2 aliphatic rings. The van der Waals surface area contributed by atoms with E-state index in [4.69, 9.17) is 17.3 Å². The zero-order valence-electron chi connectivity index (χ0n) is 19.0. The van der Waals surface area contributed by atoms with Crippen LogP contribution in [0.1, 0.15) is 47.9 Å². The van der Waals surface area contributed by atoms with Crippen LogP contribution >= 0.6 is 11.6 Å². The van der Waals surface area contributed by atoms with Gasteiger partial charge in [-0.05, 0) is 57.0 Å². The largest absolute Gasteiger partial charge is 0.364 e. The van der Waals surface area contributed by atoms with Crippen LogP contribution in [0.4, 0.5) is 5.82 Å². The molecule has 0 saturated carbocycles. The molecule has 4 rings (SSSR count). The quantitative estimate of drug-likeness (QED) is 0.719. The Morgan fingerprint density at radius 1 is 1.16 bits per heavy atom. The molecule has 2 saturated heterocycles. The van der Waals surface area contributed by atoms with Crippen molar-refractivity contribution in [3.63, 3.8) is 0 Å². The summed E-state index contributed by atoms with van der Waals surface area (Å²) < 4.78 is 0. The molecule has 0 aliphatic carbocycles. The van der Waals surface area contributed by atoms with Crippen LogP contribution in [-0.2, 0) is 6.54 Å². The molecular formula is C24H33ClN6O. The number of hydrogen-bond acceptors (Lipinski definition) is 6. The van der Waals surface area contributed by atoms with Crippen LogP contribution in [0.3, 0.4) is 0 Å². The molecule has 2 fully saturated rings. The molecule has 2 aliphatic heterocycles. The second-order valence-electron chi connectivity index (χ2n) is 8.91. The first kappa shape index (κ1) is 23.0. The van der Waals surface area contributed by atoms with Gasteiger partial charge in [0.15, 0.2) is 0 Å². The van der Waals surface area contributed by atoms with E-state index in [-0.39, 0.29) is 5.69 Å². The number of aryl methyl sites for hydroxylation is 1. The first-order chi connectivity index (χ1) is 15.4. The van der Waals surface area contributed by atoms with E-state index in [0.717, 1.165) is 62.2 Å². The Balaban J connectivity index is 1.34. The normalized spacial score (nSPS) is 21.1. The lowest BCUT2D eigenvalue weighted by molar-refractivity contribution is 0.0610. The van der Waals surface area contributed by atoms with Crippen LogP contribution in [0, 0.1) is 6.92 Å². The van der Waals surface area contributed by atoms with Crippen LogP contribution < -0.4 is 10.6 Å². The molecule has 0 radical (unpaired) electrons. The molecule has 1 aromatic heterocycles. The summed E-state index contributed by atoms with van der Waals surface area (Å²) in [5, 5.41) is 0.794. The van der Waals surface area contributed by atoms with Crippen molar-refractivity contribution in [3.8, 4) is 0 Å². The summed E-state index contributed by atoms with van der Waals surface area (Å²) in [6.07, 6.45) is 5.01. The second kappa shape index (κ2) is 10.1. The predicted molar refractivity (Wildman–Crippen MR) is 128 cm³/mol. The van der Waals surface area contributed by atoms with E-state index >= 15 is 0 Å². The third kappa shape index (κ3) is 5.22.